The molecule has 1 unspecified atom stereocenters. The number of nitrogens with two attached hydrogens (primary N) is 1. The fourth-order valence-electron chi connectivity index (χ4n) is 2.34. The maximum absolute atomic E-state index is 8.49. The molecule has 0 aromatic carbocycles. The van der Waals surface area contributed by atoms with E-state index in [1.54, 1.807) is 0 Å². The van der Waals surface area contributed by atoms with Gasteiger partial charge in [-0.15, -0.1) is 0 Å². The van der Waals surface area contributed by atoms with Crippen LogP contribution in [0.2, 0.25) is 0 Å². The average molecular weight is 227 g/mol. The molecule has 1 fully saturated rings. The summed E-state index contributed by atoms with van der Waals surface area (Å²) in [7, 11) is 0. The quantitative estimate of drug-likeness (QED) is 0.205. The first-order valence-electron chi connectivity index (χ1n) is 6.42. The van der Waals surface area contributed by atoms with Crippen molar-refractivity contribution in [1.29, 1.82) is 0 Å². The van der Waals surface area contributed by atoms with Gasteiger partial charge in [0.25, 0.3) is 0 Å². The van der Waals surface area contributed by atoms with Crippen LogP contribution in [0.3, 0.4) is 0 Å². The van der Waals surface area contributed by atoms with Crippen molar-refractivity contribution >= 4 is 5.84 Å². The number of hydrogen-bond donors (Lipinski definition) is 3. The van der Waals surface area contributed by atoms with Crippen LogP contribution in [-0.4, -0.2) is 24.1 Å². The zero-order valence-corrected chi connectivity index (χ0v) is 10.3. The van der Waals surface area contributed by atoms with Crippen molar-refractivity contribution in [2.75, 3.05) is 13.1 Å². The molecule has 0 aliphatic heterocycles. The van der Waals surface area contributed by atoms with Crippen molar-refractivity contribution in [3.05, 3.63) is 0 Å². The largest absolute Gasteiger partial charge is 0.409 e. The molecule has 0 aromatic rings. The molecule has 0 bridgehead atoms. The SMILES string of the molecule is CC(CNCCCC1CCCC1)C(N)=NO. The lowest BCUT2D eigenvalue weighted by atomic mass is 10.0. The molecule has 1 rings (SSSR count). The Morgan fingerprint density at radius 3 is 2.81 bits per heavy atom. The van der Waals surface area contributed by atoms with Crippen LogP contribution >= 0.6 is 0 Å². The van der Waals surface area contributed by atoms with Gasteiger partial charge in [0.05, 0.1) is 0 Å². The topological polar surface area (TPSA) is 70.6 Å². The van der Waals surface area contributed by atoms with Crippen molar-refractivity contribution in [2.45, 2.75) is 45.4 Å². The van der Waals surface area contributed by atoms with Gasteiger partial charge in [-0.25, -0.2) is 0 Å². The Balaban J connectivity index is 1.95. The average Bonchev–Trinajstić information content (AvgIpc) is 2.80. The van der Waals surface area contributed by atoms with E-state index in [0.717, 1.165) is 19.0 Å². The second-order valence-corrected chi connectivity index (χ2v) is 4.92. The third-order valence-corrected chi connectivity index (χ3v) is 3.51. The van der Waals surface area contributed by atoms with Gasteiger partial charge in [0.2, 0.25) is 0 Å². The Kier molecular flexibility index (Phi) is 6.23. The molecule has 1 saturated carbocycles. The summed E-state index contributed by atoms with van der Waals surface area (Å²) in [6.45, 7) is 3.79. The van der Waals surface area contributed by atoms with Crippen molar-refractivity contribution in [3.8, 4) is 0 Å². The summed E-state index contributed by atoms with van der Waals surface area (Å²) in [5, 5.41) is 14.8. The zero-order valence-electron chi connectivity index (χ0n) is 10.3. The first kappa shape index (κ1) is 13.3. The van der Waals surface area contributed by atoms with Gasteiger partial charge in [0.1, 0.15) is 5.84 Å². The summed E-state index contributed by atoms with van der Waals surface area (Å²) < 4.78 is 0. The van der Waals surface area contributed by atoms with Crippen molar-refractivity contribution in [1.82, 2.24) is 5.32 Å². The van der Waals surface area contributed by atoms with E-state index in [-0.39, 0.29) is 5.92 Å². The van der Waals surface area contributed by atoms with Gasteiger partial charge in [-0.05, 0) is 25.3 Å². The van der Waals surface area contributed by atoms with Crippen LogP contribution in [0.5, 0.6) is 0 Å². The second-order valence-electron chi connectivity index (χ2n) is 4.92. The fourth-order valence-corrected chi connectivity index (χ4v) is 2.34. The fraction of sp³-hybridized carbons (Fsp3) is 0.917. The third kappa shape index (κ3) is 4.84. The predicted octanol–water partition coefficient (Wildman–Crippen LogP) is 1.93. The lowest BCUT2D eigenvalue weighted by Gasteiger charge is -2.12. The highest BCUT2D eigenvalue weighted by atomic mass is 16.4. The van der Waals surface area contributed by atoms with Crippen LogP contribution in [0.15, 0.2) is 5.16 Å². The van der Waals surface area contributed by atoms with Gasteiger partial charge >= 0.3 is 0 Å². The summed E-state index contributed by atoms with van der Waals surface area (Å²) in [5.74, 6) is 1.39. The Morgan fingerprint density at radius 2 is 2.19 bits per heavy atom. The number of nitrogens with zero attached hydrogens (tertiary/aromatic N) is 1. The molecule has 0 spiro atoms. The van der Waals surface area contributed by atoms with Crippen LogP contribution < -0.4 is 11.1 Å². The second kappa shape index (κ2) is 7.49. The molecule has 4 N–H and O–H groups in total. The molecular weight excluding hydrogens is 202 g/mol. The molecule has 4 heteroatoms. The lowest BCUT2D eigenvalue weighted by Crippen LogP contribution is -2.31. The van der Waals surface area contributed by atoms with Gasteiger partial charge in [0, 0.05) is 12.5 Å². The van der Waals surface area contributed by atoms with Gasteiger partial charge < -0.3 is 16.3 Å². The highest BCUT2D eigenvalue weighted by Gasteiger charge is 2.14. The molecule has 0 amide bonds. The first-order chi connectivity index (χ1) is 7.74. The molecule has 94 valence electrons. The van der Waals surface area contributed by atoms with E-state index < -0.39 is 0 Å². The lowest BCUT2D eigenvalue weighted by molar-refractivity contribution is 0.314. The molecule has 4 nitrogen and oxygen atoms in total. The van der Waals surface area contributed by atoms with Gasteiger partial charge in [-0.3, -0.25) is 0 Å². The molecule has 1 aliphatic carbocycles. The number of rotatable bonds is 7. The highest BCUT2D eigenvalue weighted by molar-refractivity contribution is 5.82. The van der Waals surface area contributed by atoms with Crippen LogP contribution in [0, 0.1) is 11.8 Å². The molecule has 1 aliphatic rings. The third-order valence-electron chi connectivity index (χ3n) is 3.51. The monoisotopic (exact) mass is 227 g/mol. The van der Waals surface area contributed by atoms with Gasteiger partial charge in [-0.2, -0.15) is 0 Å². The molecular formula is C12H25N3O. The number of amidine groups is 1. The van der Waals surface area contributed by atoms with Crippen molar-refractivity contribution < 1.29 is 5.21 Å². The Bertz CT molecular complexity index is 212. The molecule has 0 aromatic heterocycles. The minimum atomic E-state index is 0.108. The summed E-state index contributed by atoms with van der Waals surface area (Å²) in [5.41, 5.74) is 5.49. The maximum Gasteiger partial charge on any atom is 0.143 e. The minimum absolute atomic E-state index is 0.108. The van der Waals surface area contributed by atoms with E-state index in [2.05, 4.69) is 10.5 Å². The van der Waals surface area contributed by atoms with E-state index in [4.69, 9.17) is 10.9 Å². The Morgan fingerprint density at radius 1 is 1.50 bits per heavy atom. The first-order valence-corrected chi connectivity index (χ1v) is 6.42. The summed E-state index contributed by atoms with van der Waals surface area (Å²) in [6.07, 6.45) is 8.32. The summed E-state index contributed by atoms with van der Waals surface area (Å²) in [4.78, 5) is 0. The van der Waals surface area contributed by atoms with Crippen LogP contribution in [0.4, 0.5) is 0 Å². The summed E-state index contributed by atoms with van der Waals surface area (Å²) >= 11 is 0. The van der Waals surface area contributed by atoms with E-state index in [1.807, 2.05) is 6.92 Å². The molecule has 1 atom stereocenters. The Hall–Kier alpha value is -0.770. The normalized spacial score (nSPS) is 20.2. The molecule has 0 saturated heterocycles. The van der Waals surface area contributed by atoms with E-state index >= 15 is 0 Å². The number of nitrogens with one attached hydrogen (secondary N) is 1. The number of oxime groups is 1. The van der Waals surface area contributed by atoms with Crippen molar-refractivity contribution in [3.63, 3.8) is 0 Å². The van der Waals surface area contributed by atoms with E-state index in [9.17, 15) is 0 Å². The molecule has 16 heavy (non-hydrogen) atoms. The minimum Gasteiger partial charge on any atom is -0.409 e. The zero-order chi connectivity index (χ0) is 11.8. The van der Waals surface area contributed by atoms with Gasteiger partial charge in [0.15, 0.2) is 0 Å². The van der Waals surface area contributed by atoms with Crippen LogP contribution in [0.1, 0.15) is 45.4 Å². The van der Waals surface area contributed by atoms with Crippen molar-refractivity contribution in [2.24, 2.45) is 22.7 Å². The maximum atomic E-state index is 8.49. The number of hydrogen-bond acceptors (Lipinski definition) is 3. The predicted molar refractivity (Wildman–Crippen MR) is 66.6 cm³/mol. The van der Waals surface area contributed by atoms with Crippen LogP contribution in [-0.2, 0) is 0 Å². The highest BCUT2D eigenvalue weighted by Crippen LogP contribution is 2.28. The Labute approximate surface area is 98.3 Å². The van der Waals surface area contributed by atoms with E-state index in [0.29, 0.717) is 5.84 Å². The van der Waals surface area contributed by atoms with E-state index in [1.165, 1.54) is 38.5 Å². The van der Waals surface area contributed by atoms with Crippen LogP contribution in [0.25, 0.3) is 0 Å². The molecule has 0 heterocycles. The smallest absolute Gasteiger partial charge is 0.143 e. The molecule has 0 radical (unpaired) electrons. The standard InChI is InChI=1S/C12H25N3O/c1-10(12(13)15-16)9-14-8-4-7-11-5-2-3-6-11/h10-11,14,16H,2-9H2,1H3,(H2,13,15). The van der Waals surface area contributed by atoms with Gasteiger partial charge in [-0.1, -0.05) is 37.8 Å². The summed E-state index contributed by atoms with van der Waals surface area (Å²) in [6, 6.07) is 0.